The quantitative estimate of drug-likeness (QED) is 0.285. The zero-order chi connectivity index (χ0) is 26.3. The van der Waals surface area contributed by atoms with Crippen LogP contribution in [0.1, 0.15) is 23.1 Å². The lowest BCUT2D eigenvalue weighted by Crippen LogP contribution is -2.35. The van der Waals surface area contributed by atoms with Crippen molar-refractivity contribution in [2.24, 2.45) is 5.92 Å². The number of hydrogen-bond acceptors (Lipinski definition) is 7. The average molecular weight is 527 g/mol. The van der Waals surface area contributed by atoms with E-state index < -0.39 is 16.1 Å². The van der Waals surface area contributed by atoms with Crippen molar-refractivity contribution >= 4 is 15.7 Å². The minimum atomic E-state index is -3.53. The van der Waals surface area contributed by atoms with Crippen LogP contribution in [0.15, 0.2) is 66.7 Å². The van der Waals surface area contributed by atoms with Crippen molar-refractivity contribution in [3.05, 3.63) is 83.4 Å². The molecule has 4 N–H and O–H groups in total. The molecule has 0 aromatic heterocycles. The predicted molar refractivity (Wildman–Crippen MR) is 144 cm³/mol. The summed E-state index contributed by atoms with van der Waals surface area (Å²) in [6, 6.07) is 20.0. The molecule has 0 radical (unpaired) electrons. The molecule has 1 aliphatic rings. The van der Waals surface area contributed by atoms with E-state index in [-0.39, 0.29) is 18.9 Å². The molecule has 3 aromatic carbocycles. The molecular formula is C28H34N2O6S. The van der Waals surface area contributed by atoms with Crippen LogP contribution in [0, 0.1) is 5.92 Å². The van der Waals surface area contributed by atoms with Crippen LogP contribution in [0.2, 0.25) is 0 Å². The first-order chi connectivity index (χ1) is 17.7. The molecule has 0 spiro atoms. The highest BCUT2D eigenvalue weighted by molar-refractivity contribution is 7.92. The number of sulfonamides is 1. The number of aromatic hydroxyl groups is 1. The maximum atomic E-state index is 11.9. The van der Waals surface area contributed by atoms with Crippen LogP contribution in [-0.2, 0) is 29.5 Å². The number of phenols is 1. The molecule has 0 aliphatic heterocycles. The third kappa shape index (κ3) is 8.38. The van der Waals surface area contributed by atoms with E-state index in [4.69, 9.17) is 9.47 Å². The molecule has 1 aliphatic carbocycles. The summed E-state index contributed by atoms with van der Waals surface area (Å²) in [6.07, 6.45) is 3.29. The normalized spacial score (nSPS) is 16.0. The van der Waals surface area contributed by atoms with Gasteiger partial charge in [-0.3, -0.25) is 4.72 Å². The Morgan fingerprint density at radius 3 is 2.62 bits per heavy atom. The Morgan fingerprint density at radius 2 is 1.84 bits per heavy atom. The first-order valence-corrected chi connectivity index (χ1v) is 14.3. The van der Waals surface area contributed by atoms with Crippen molar-refractivity contribution in [3.63, 3.8) is 0 Å². The Kier molecular flexibility index (Phi) is 8.91. The second-order valence-corrected chi connectivity index (χ2v) is 11.2. The minimum Gasteiger partial charge on any atom is -0.508 e. The molecule has 2 atom stereocenters. The fourth-order valence-corrected chi connectivity index (χ4v) is 5.00. The van der Waals surface area contributed by atoms with Gasteiger partial charge in [-0.1, -0.05) is 36.4 Å². The number of rotatable bonds is 12. The molecule has 0 heterocycles. The van der Waals surface area contributed by atoms with Crippen molar-refractivity contribution in [1.29, 1.82) is 0 Å². The topological polar surface area (TPSA) is 117 Å². The lowest BCUT2D eigenvalue weighted by Gasteiger charge is -2.25. The number of aliphatic hydroxyl groups is 1. The van der Waals surface area contributed by atoms with Gasteiger partial charge in [0, 0.05) is 12.6 Å². The Labute approximate surface area is 218 Å². The van der Waals surface area contributed by atoms with Crippen molar-refractivity contribution in [2.75, 3.05) is 30.7 Å². The molecule has 8 nitrogen and oxygen atoms in total. The van der Waals surface area contributed by atoms with Crippen LogP contribution < -0.4 is 19.5 Å². The van der Waals surface area contributed by atoms with Crippen molar-refractivity contribution < 1.29 is 28.1 Å². The minimum absolute atomic E-state index is 0.0525. The molecule has 198 valence electrons. The third-order valence-corrected chi connectivity index (χ3v) is 6.85. The van der Waals surface area contributed by atoms with Gasteiger partial charge in [0.25, 0.3) is 0 Å². The van der Waals surface area contributed by atoms with Gasteiger partial charge in [0.2, 0.25) is 10.0 Å². The smallest absolute Gasteiger partial charge is 0.229 e. The number of fused-ring (bicyclic) bond motifs is 1. The van der Waals surface area contributed by atoms with Crippen LogP contribution in [0.4, 0.5) is 5.69 Å². The van der Waals surface area contributed by atoms with Gasteiger partial charge in [-0.05, 0) is 72.7 Å². The first-order valence-electron chi connectivity index (χ1n) is 12.4. The average Bonchev–Trinajstić information content (AvgIpc) is 2.86. The second kappa shape index (κ2) is 12.3. The van der Waals surface area contributed by atoms with Crippen LogP contribution in [0.25, 0.3) is 0 Å². The van der Waals surface area contributed by atoms with E-state index in [9.17, 15) is 18.6 Å². The highest BCUT2D eigenvalue weighted by atomic mass is 32.2. The van der Waals surface area contributed by atoms with Crippen molar-refractivity contribution in [2.45, 2.75) is 32.0 Å². The van der Waals surface area contributed by atoms with E-state index >= 15 is 0 Å². The second-order valence-electron chi connectivity index (χ2n) is 9.49. The standard InChI is InChI=1S/C28H34N2O6S/c1-37(33,34)30-27-15-26(11-12-28(27)36-18-20-5-3-2-4-6-20)35-19-25(32)17-29-16-21-7-8-22-9-10-24(31)14-23(22)13-21/h2-6,9-12,14-15,21,25,29-32H,7-8,13,16-19H2,1H3. The molecule has 3 aromatic rings. The Morgan fingerprint density at radius 1 is 1.03 bits per heavy atom. The molecule has 9 heteroatoms. The summed E-state index contributed by atoms with van der Waals surface area (Å²) < 4.78 is 37.8. The fraction of sp³-hybridized carbons (Fsp3) is 0.357. The highest BCUT2D eigenvalue weighted by Crippen LogP contribution is 2.31. The van der Waals surface area contributed by atoms with Crippen molar-refractivity contribution in [1.82, 2.24) is 5.32 Å². The van der Waals surface area contributed by atoms with E-state index in [0.717, 1.165) is 37.6 Å². The summed E-state index contributed by atoms with van der Waals surface area (Å²) in [5.41, 5.74) is 3.71. The maximum absolute atomic E-state index is 11.9. The molecule has 2 unspecified atom stereocenters. The fourth-order valence-electron chi connectivity index (χ4n) is 4.44. The summed E-state index contributed by atoms with van der Waals surface area (Å²) in [4.78, 5) is 0. The van der Waals surface area contributed by atoms with E-state index in [1.54, 1.807) is 24.3 Å². The number of benzene rings is 3. The van der Waals surface area contributed by atoms with Gasteiger partial charge in [0.1, 0.15) is 36.6 Å². The van der Waals surface area contributed by atoms with Gasteiger partial charge in [-0.2, -0.15) is 0 Å². The van der Waals surface area contributed by atoms with E-state index in [1.165, 1.54) is 11.1 Å². The summed E-state index contributed by atoms with van der Waals surface area (Å²) in [7, 11) is -3.53. The summed E-state index contributed by atoms with van der Waals surface area (Å²) in [6.45, 7) is 1.48. The first kappa shape index (κ1) is 26.8. The summed E-state index contributed by atoms with van der Waals surface area (Å²) in [5.74, 6) is 1.54. The number of anilines is 1. The van der Waals surface area contributed by atoms with Crippen LogP contribution in [-0.4, -0.2) is 50.7 Å². The maximum Gasteiger partial charge on any atom is 0.229 e. The van der Waals surface area contributed by atoms with Crippen LogP contribution >= 0.6 is 0 Å². The molecule has 0 bridgehead atoms. The zero-order valence-corrected chi connectivity index (χ0v) is 21.7. The lowest BCUT2D eigenvalue weighted by atomic mass is 9.84. The van der Waals surface area contributed by atoms with E-state index in [2.05, 4.69) is 10.0 Å². The molecule has 0 saturated heterocycles. The summed E-state index contributed by atoms with van der Waals surface area (Å²) >= 11 is 0. The predicted octanol–water partition coefficient (Wildman–Crippen LogP) is 3.48. The number of aliphatic hydroxyl groups excluding tert-OH is 1. The van der Waals surface area contributed by atoms with Gasteiger partial charge in [0.05, 0.1) is 11.9 Å². The van der Waals surface area contributed by atoms with Gasteiger partial charge in [-0.25, -0.2) is 8.42 Å². The van der Waals surface area contributed by atoms with Crippen molar-refractivity contribution in [3.8, 4) is 17.2 Å². The Bertz CT molecular complexity index is 1280. The van der Waals surface area contributed by atoms with Crippen LogP contribution in [0.3, 0.4) is 0 Å². The largest absolute Gasteiger partial charge is 0.508 e. The Hall–Kier alpha value is -3.27. The van der Waals surface area contributed by atoms with Crippen LogP contribution in [0.5, 0.6) is 17.2 Å². The Balaban J connectivity index is 1.26. The number of nitrogens with one attached hydrogen (secondary N) is 2. The number of phenolic OH excluding ortho intramolecular Hbond substituents is 1. The highest BCUT2D eigenvalue weighted by Gasteiger charge is 2.19. The molecular weight excluding hydrogens is 492 g/mol. The number of ether oxygens (including phenoxy) is 2. The molecule has 0 saturated carbocycles. The monoisotopic (exact) mass is 526 g/mol. The van der Waals surface area contributed by atoms with Gasteiger partial charge in [0.15, 0.2) is 0 Å². The molecule has 37 heavy (non-hydrogen) atoms. The van der Waals surface area contributed by atoms with Gasteiger partial charge in [-0.15, -0.1) is 0 Å². The van der Waals surface area contributed by atoms with Gasteiger partial charge >= 0.3 is 0 Å². The van der Waals surface area contributed by atoms with Gasteiger partial charge < -0.3 is 25.0 Å². The van der Waals surface area contributed by atoms with E-state index in [1.807, 2.05) is 42.5 Å². The summed E-state index contributed by atoms with van der Waals surface area (Å²) in [5, 5.41) is 23.4. The molecule has 4 rings (SSSR count). The van der Waals surface area contributed by atoms with E-state index in [0.29, 0.717) is 29.7 Å². The molecule has 0 amide bonds. The number of hydrogen-bond donors (Lipinski definition) is 4. The molecule has 0 fully saturated rings. The number of aryl methyl sites for hydroxylation is 1. The lowest BCUT2D eigenvalue weighted by molar-refractivity contribution is 0.105. The SMILES string of the molecule is CS(=O)(=O)Nc1cc(OCC(O)CNCC2CCc3ccc(O)cc3C2)ccc1OCc1ccccc1. The zero-order valence-electron chi connectivity index (χ0n) is 20.9. The third-order valence-electron chi connectivity index (χ3n) is 6.26.